The summed E-state index contributed by atoms with van der Waals surface area (Å²) in [5.74, 6) is 0. The lowest BCUT2D eigenvalue weighted by atomic mass is 10.2. The van der Waals surface area contributed by atoms with Crippen LogP contribution in [-0.4, -0.2) is 21.4 Å². The van der Waals surface area contributed by atoms with Crippen molar-refractivity contribution in [2.45, 2.75) is 6.54 Å². The lowest BCUT2D eigenvalue weighted by molar-refractivity contribution is -0.384. The normalized spacial score (nSPS) is 10.7. The van der Waals surface area contributed by atoms with Crippen molar-refractivity contribution in [1.82, 2.24) is 9.78 Å². The summed E-state index contributed by atoms with van der Waals surface area (Å²) in [4.78, 5) is 10.1. The van der Waals surface area contributed by atoms with Gasteiger partial charge in [-0.1, -0.05) is 0 Å². The predicted octanol–water partition coefficient (Wildman–Crippen LogP) is 1.91. The highest BCUT2D eigenvalue weighted by molar-refractivity contribution is 5.80. The number of hydrogen-bond acceptors (Lipinski definition) is 3. The number of alkyl halides is 1. The first-order valence-electron chi connectivity index (χ1n) is 4.38. The van der Waals surface area contributed by atoms with Crippen molar-refractivity contribution in [2.75, 3.05) is 6.67 Å². The predicted molar refractivity (Wildman–Crippen MR) is 52.4 cm³/mol. The Balaban J connectivity index is 2.56. The summed E-state index contributed by atoms with van der Waals surface area (Å²) < 4.78 is 13.6. The SMILES string of the molecule is O=[N+]([O-])c1ccc2cnn(CCF)c2c1. The number of aromatic nitrogens is 2. The highest BCUT2D eigenvalue weighted by Crippen LogP contribution is 2.20. The van der Waals surface area contributed by atoms with E-state index in [9.17, 15) is 14.5 Å². The first kappa shape index (κ1) is 9.57. The molecule has 0 fully saturated rings. The topological polar surface area (TPSA) is 61.0 Å². The summed E-state index contributed by atoms with van der Waals surface area (Å²) >= 11 is 0. The molecule has 0 bridgehead atoms. The molecule has 0 saturated carbocycles. The second-order valence-corrected chi connectivity index (χ2v) is 3.06. The molecule has 0 spiro atoms. The van der Waals surface area contributed by atoms with Crippen molar-refractivity contribution in [2.24, 2.45) is 0 Å². The molecule has 15 heavy (non-hydrogen) atoms. The van der Waals surface area contributed by atoms with E-state index in [4.69, 9.17) is 0 Å². The zero-order valence-corrected chi connectivity index (χ0v) is 7.76. The lowest BCUT2D eigenvalue weighted by Crippen LogP contribution is -2.01. The van der Waals surface area contributed by atoms with Crippen molar-refractivity contribution in [3.05, 3.63) is 34.5 Å². The first-order valence-corrected chi connectivity index (χ1v) is 4.38. The van der Waals surface area contributed by atoms with E-state index in [1.165, 1.54) is 16.8 Å². The van der Waals surface area contributed by atoms with Crippen molar-refractivity contribution < 1.29 is 9.31 Å². The van der Waals surface area contributed by atoms with Gasteiger partial charge in [0.15, 0.2) is 0 Å². The highest BCUT2D eigenvalue weighted by Gasteiger charge is 2.09. The number of aryl methyl sites for hydroxylation is 1. The van der Waals surface area contributed by atoms with Gasteiger partial charge in [0.25, 0.3) is 5.69 Å². The molecule has 1 heterocycles. The number of non-ortho nitro benzene ring substituents is 1. The molecular weight excluding hydrogens is 201 g/mol. The van der Waals surface area contributed by atoms with Crippen LogP contribution < -0.4 is 0 Å². The van der Waals surface area contributed by atoms with E-state index in [-0.39, 0.29) is 12.2 Å². The van der Waals surface area contributed by atoms with Gasteiger partial charge in [0, 0.05) is 17.5 Å². The van der Waals surface area contributed by atoms with Gasteiger partial charge in [-0.2, -0.15) is 5.10 Å². The molecule has 0 saturated heterocycles. The Morgan fingerprint density at radius 3 is 3.00 bits per heavy atom. The second kappa shape index (κ2) is 3.64. The molecule has 0 aliphatic heterocycles. The van der Waals surface area contributed by atoms with Gasteiger partial charge in [-0.25, -0.2) is 4.39 Å². The number of halogens is 1. The van der Waals surface area contributed by atoms with Crippen LogP contribution in [0.2, 0.25) is 0 Å². The van der Waals surface area contributed by atoms with Gasteiger partial charge in [0.1, 0.15) is 6.67 Å². The summed E-state index contributed by atoms with van der Waals surface area (Å²) in [6, 6.07) is 4.41. The molecule has 5 nitrogen and oxygen atoms in total. The van der Waals surface area contributed by atoms with Gasteiger partial charge >= 0.3 is 0 Å². The second-order valence-electron chi connectivity index (χ2n) is 3.06. The standard InChI is InChI=1S/C9H8FN3O2/c10-3-4-12-9-5-8(13(14)15)2-1-7(9)6-11-12/h1-2,5-6H,3-4H2. The molecule has 6 heteroatoms. The maximum atomic E-state index is 12.1. The number of benzene rings is 1. The molecule has 1 aromatic carbocycles. The Kier molecular flexibility index (Phi) is 2.32. The minimum atomic E-state index is -0.542. The van der Waals surface area contributed by atoms with Crippen LogP contribution in [0.4, 0.5) is 10.1 Å². The summed E-state index contributed by atoms with van der Waals surface area (Å²) in [6.45, 7) is -0.426. The Labute approximate surface area is 84.3 Å². The van der Waals surface area contributed by atoms with Crippen LogP contribution in [0, 0.1) is 10.1 Å². The third kappa shape index (κ3) is 1.65. The van der Waals surface area contributed by atoms with Crippen LogP contribution in [0.15, 0.2) is 24.4 Å². The van der Waals surface area contributed by atoms with Crippen LogP contribution in [0.25, 0.3) is 10.9 Å². The van der Waals surface area contributed by atoms with E-state index >= 15 is 0 Å². The summed E-state index contributed by atoms with van der Waals surface area (Å²) in [5, 5.41) is 15.2. The third-order valence-corrected chi connectivity index (χ3v) is 2.14. The molecule has 0 amide bonds. The number of rotatable bonds is 3. The zero-order chi connectivity index (χ0) is 10.8. The molecule has 0 aliphatic carbocycles. The van der Waals surface area contributed by atoms with Crippen LogP contribution in [0.5, 0.6) is 0 Å². The smallest absolute Gasteiger partial charge is 0.262 e. The monoisotopic (exact) mass is 209 g/mol. The van der Waals surface area contributed by atoms with Crippen LogP contribution >= 0.6 is 0 Å². The minimum Gasteiger partial charge on any atom is -0.262 e. The van der Waals surface area contributed by atoms with Gasteiger partial charge < -0.3 is 0 Å². The number of nitrogens with zero attached hydrogens (tertiary/aromatic N) is 3. The van der Waals surface area contributed by atoms with E-state index < -0.39 is 11.6 Å². The van der Waals surface area contributed by atoms with E-state index in [0.717, 1.165) is 5.39 Å². The van der Waals surface area contributed by atoms with Gasteiger partial charge in [-0.3, -0.25) is 14.8 Å². The van der Waals surface area contributed by atoms with Crippen molar-refractivity contribution in [1.29, 1.82) is 0 Å². The largest absolute Gasteiger partial charge is 0.271 e. The molecule has 2 rings (SSSR count). The van der Waals surface area contributed by atoms with Crippen LogP contribution in [0.3, 0.4) is 0 Å². The lowest BCUT2D eigenvalue weighted by Gasteiger charge is -1.98. The number of nitro benzene ring substituents is 1. The summed E-state index contributed by atoms with van der Waals surface area (Å²) in [6.07, 6.45) is 1.56. The minimum absolute atomic E-state index is 0.0110. The fourth-order valence-corrected chi connectivity index (χ4v) is 1.43. The fraction of sp³-hybridized carbons (Fsp3) is 0.222. The molecule has 0 N–H and O–H groups in total. The van der Waals surface area contributed by atoms with Crippen molar-refractivity contribution in [3.63, 3.8) is 0 Å². The van der Waals surface area contributed by atoms with Crippen molar-refractivity contribution in [3.8, 4) is 0 Å². The fourth-order valence-electron chi connectivity index (χ4n) is 1.43. The van der Waals surface area contributed by atoms with E-state index in [0.29, 0.717) is 5.52 Å². The summed E-state index contributed by atoms with van der Waals surface area (Å²) in [7, 11) is 0. The quantitative estimate of drug-likeness (QED) is 0.573. The van der Waals surface area contributed by atoms with Gasteiger partial charge in [-0.05, 0) is 6.07 Å². The third-order valence-electron chi connectivity index (χ3n) is 2.14. The summed E-state index contributed by atoms with van der Waals surface area (Å²) in [5.41, 5.74) is 0.574. The number of fused-ring (bicyclic) bond motifs is 1. The maximum absolute atomic E-state index is 12.1. The average molecular weight is 209 g/mol. The number of nitro groups is 1. The zero-order valence-electron chi connectivity index (χ0n) is 7.76. The number of hydrogen-bond donors (Lipinski definition) is 0. The molecule has 0 aliphatic rings. The van der Waals surface area contributed by atoms with Crippen LogP contribution in [-0.2, 0) is 6.54 Å². The van der Waals surface area contributed by atoms with Crippen molar-refractivity contribution >= 4 is 16.6 Å². The van der Waals surface area contributed by atoms with E-state index in [1.54, 1.807) is 12.3 Å². The first-order chi connectivity index (χ1) is 7.22. The van der Waals surface area contributed by atoms with Gasteiger partial charge in [0.2, 0.25) is 0 Å². The van der Waals surface area contributed by atoms with Gasteiger partial charge in [-0.15, -0.1) is 0 Å². The Hall–Kier alpha value is -1.98. The van der Waals surface area contributed by atoms with E-state index in [2.05, 4.69) is 5.10 Å². The Morgan fingerprint density at radius 1 is 1.53 bits per heavy atom. The molecule has 0 atom stereocenters. The molecule has 78 valence electrons. The molecule has 0 unspecified atom stereocenters. The average Bonchev–Trinajstić information content (AvgIpc) is 2.61. The molecular formula is C9H8FN3O2. The maximum Gasteiger partial charge on any atom is 0.271 e. The molecule has 1 aromatic heterocycles. The van der Waals surface area contributed by atoms with Gasteiger partial charge in [0.05, 0.1) is 23.2 Å². The Morgan fingerprint density at radius 2 is 2.33 bits per heavy atom. The Bertz CT molecular complexity index is 509. The van der Waals surface area contributed by atoms with Crippen LogP contribution in [0.1, 0.15) is 0 Å². The molecule has 0 radical (unpaired) electrons. The highest BCUT2D eigenvalue weighted by atomic mass is 19.1. The molecule has 2 aromatic rings. The van der Waals surface area contributed by atoms with E-state index in [1.807, 2.05) is 0 Å².